The van der Waals surface area contributed by atoms with Crippen LogP contribution in [0.5, 0.6) is 0 Å². The van der Waals surface area contributed by atoms with Gasteiger partial charge in [-0.15, -0.1) is 0 Å². The van der Waals surface area contributed by atoms with Gasteiger partial charge in [0.15, 0.2) is 0 Å². The lowest BCUT2D eigenvalue weighted by Crippen LogP contribution is -2.24. The van der Waals surface area contributed by atoms with Crippen LogP contribution in [0, 0.1) is 0 Å². The monoisotopic (exact) mass is 286 g/mol. The fourth-order valence-corrected chi connectivity index (χ4v) is 1.93. The maximum atomic E-state index is 11.9. The molecule has 0 aliphatic carbocycles. The van der Waals surface area contributed by atoms with Crippen molar-refractivity contribution < 1.29 is 14.3 Å². The minimum Gasteiger partial charge on any atom is -0.469 e. The third-order valence-electron chi connectivity index (χ3n) is 3.10. The molecule has 1 aromatic heterocycles. The quantitative estimate of drug-likeness (QED) is 0.654. The topological polar surface area (TPSA) is 60.3 Å². The Morgan fingerprint density at radius 3 is 2.43 bits per heavy atom. The minimum absolute atomic E-state index is 0.140. The molecule has 1 heterocycles. The van der Waals surface area contributed by atoms with E-state index in [9.17, 15) is 9.59 Å². The molecule has 1 amide bonds. The lowest BCUT2D eigenvalue weighted by atomic mass is 10.2. The van der Waals surface area contributed by atoms with Crippen LogP contribution >= 0.6 is 0 Å². The van der Waals surface area contributed by atoms with E-state index in [0.717, 1.165) is 5.69 Å². The molecule has 0 spiro atoms. The molecule has 110 valence electrons. The van der Waals surface area contributed by atoms with Crippen molar-refractivity contribution >= 4 is 11.9 Å². The number of ether oxygens (including phenoxy) is 1. The fraction of sp³-hybridized carbons (Fsp3) is 0.250. The van der Waals surface area contributed by atoms with Gasteiger partial charge in [0.25, 0.3) is 5.91 Å². The molecule has 1 aromatic carbocycles. The zero-order valence-electron chi connectivity index (χ0n) is 11.9. The second-order valence-electron chi connectivity index (χ2n) is 4.57. The number of carbonyl (C=O) groups is 2. The van der Waals surface area contributed by atoms with Crippen molar-refractivity contribution in [2.45, 2.75) is 12.8 Å². The summed E-state index contributed by atoms with van der Waals surface area (Å²) in [5.74, 6) is -0.403. The predicted molar refractivity (Wildman–Crippen MR) is 79.4 cm³/mol. The summed E-state index contributed by atoms with van der Waals surface area (Å²) in [6.07, 6.45) is 4.77. The van der Waals surface area contributed by atoms with E-state index < -0.39 is 0 Å². The molecule has 0 unspecified atom stereocenters. The van der Waals surface area contributed by atoms with E-state index in [4.69, 9.17) is 0 Å². The van der Waals surface area contributed by atoms with Crippen molar-refractivity contribution in [1.82, 2.24) is 9.88 Å². The summed E-state index contributed by atoms with van der Waals surface area (Å²) >= 11 is 0. The van der Waals surface area contributed by atoms with Crippen molar-refractivity contribution in [3.63, 3.8) is 0 Å². The predicted octanol–water partition coefficient (Wildman–Crippen LogP) is 2.16. The largest absolute Gasteiger partial charge is 0.469 e. The number of hydrogen-bond donors (Lipinski definition) is 1. The molecule has 0 atom stereocenters. The van der Waals surface area contributed by atoms with Crippen LogP contribution in [0.15, 0.2) is 48.8 Å². The Bertz CT molecular complexity index is 588. The van der Waals surface area contributed by atoms with Crippen LogP contribution in [-0.2, 0) is 9.53 Å². The Morgan fingerprint density at radius 1 is 1.14 bits per heavy atom. The molecule has 0 radical (unpaired) electrons. The molecule has 5 nitrogen and oxygen atoms in total. The summed E-state index contributed by atoms with van der Waals surface area (Å²) in [7, 11) is 1.35. The number of benzene rings is 1. The van der Waals surface area contributed by atoms with E-state index in [1.54, 1.807) is 12.1 Å². The van der Waals surface area contributed by atoms with Crippen molar-refractivity contribution in [1.29, 1.82) is 0 Å². The first kappa shape index (κ1) is 14.8. The number of rotatable bonds is 6. The second kappa shape index (κ2) is 7.28. The third-order valence-corrected chi connectivity index (χ3v) is 3.10. The van der Waals surface area contributed by atoms with Gasteiger partial charge in [-0.1, -0.05) is 0 Å². The maximum Gasteiger partial charge on any atom is 0.305 e. The average Bonchev–Trinajstić information content (AvgIpc) is 3.05. The van der Waals surface area contributed by atoms with Gasteiger partial charge in [-0.25, -0.2) is 0 Å². The number of nitrogens with one attached hydrogen (secondary N) is 1. The summed E-state index contributed by atoms with van der Waals surface area (Å²) in [5.41, 5.74) is 1.60. The average molecular weight is 286 g/mol. The van der Waals surface area contributed by atoms with E-state index in [1.807, 2.05) is 41.2 Å². The molecule has 0 bridgehead atoms. The van der Waals surface area contributed by atoms with Crippen molar-refractivity contribution in [2.75, 3.05) is 13.7 Å². The zero-order chi connectivity index (χ0) is 15.1. The Balaban J connectivity index is 1.84. The van der Waals surface area contributed by atoms with E-state index in [2.05, 4.69) is 10.1 Å². The third kappa shape index (κ3) is 4.21. The van der Waals surface area contributed by atoms with Crippen LogP contribution in [0.2, 0.25) is 0 Å². The highest BCUT2D eigenvalue weighted by Gasteiger charge is 2.06. The van der Waals surface area contributed by atoms with E-state index in [0.29, 0.717) is 24.9 Å². The van der Waals surface area contributed by atoms with Gasteiger partial charge in [-0.3, -0.25) is 9.59 Å². The molecule has 0 saturated heterocycles. The van der Waals surface area contributed by atoms with Crippen LogP contribution < -0.4 is 5.32 Å². The van der Waals surface area contributed by atoms with E-state index in [-0.39, 0.29) is 11.9 Å². The normalized spacial score (nSPS) is 10.1. The number of carbonyl (C=O) groups excluding carboxylic acids is 2. The van der Waals surface area contributed by atoms with E-state index in [1.165, 1.54) is 7.11 Å². The minimum atomic E-state index is -0.264. The van der Waals surface area contributed by atoms with Gasteiger partial charge in [0.2, 0.25) is 0 Å². The number of nitrogens with zero attached hydrogens (tertiary/aromatic N) is 1. The Kier molecular flexibility index (Phi) is 5.15. The maximum absolute atomic E-state index is 11.9. The summed E-state index contributed by atoms with van der Waals surface area (Å²) in [6.45, 7) is 0.452. The first-order valence-electron chi connectivity index (χ1n) is 6.79. The molecule has 1 N–H and O–H groups in total. The lowest BCUT2D eigenvalue weighted by Gasteiger charge is -2.07. The number of hydrogen-bond acceptors (Lipinski definition) is 3. The first-order valence-corrected chi connectivity index (χ1v) is 6.79. The number of amides is 1. The van der Waals surface area contributed by atoms with Crippen LogP contribution in [0.1, 0.15) is 23.2 Å². The van der Waals surface area contributed by atoms with Crippen molar-refractivity contribution in [3.8, 4) is 5.69 Å². The summed E-state index contributed by atoms with van der Waals surface area (Å²) < 4.78 is 6.51. The van der Waals surface area contributed by atoms with E-state index >= 15 is 0 Å². The van der Waals surface area contributed by atoms with Crippen molar-refractivity contribution in [2.24, 2.45) is 0 Å². The van der Waals surface area contributed by atoms with Gasteiger partial charge in [0, 0.05) is 36.6 Å². The van der Waals surface area contributed by atoms with Crippen LogP contribution in [0.25, 0.3) is 5.69 Å². The highest BCUT2D eigenvalue weighted by Crippen LogP contribution is 2.10. The van der Waals surface area contributed by atoms with Gasteiger partial charge in [0.1, 0.15) is 0 Å². The molecule has 5 heteroatoms. The molecule has 21 heavy (non-hydrogen) atoms. The standard InChI is InChI=1S/C16H18N2O3/c1-21-15(19)5-4-10-17-16(20)13-6-8-14(9-7-13)18-11-2-3-12-18/h2-3,6-9,11-12H,4-5,10H2,1H3,(H,17,20). The van der Waals surface area contributed by atoms with Gasteiger partial charge >= 0.3 is 5.97 Å². The van der Waals surface area contributed by atoms with Crippen LogP contribution in [0.4, 0.5) is 0 Å². The highest BCUT2D eigenvalue weighted by molar-refractivity contribution is 5.94. The van der Waals surface area contributed by atoms with Crippen LogP contribution in [-0.4, -0.2) is 30.1 Å². The molecule has 0 fully saturated rings. The summed E-state index contributed by atoms with van der Waals surface area (Å²) in [5, 5.41) is 2.78. The molecule has 0 aliphatic rings. The SMILES string of the molecule is COC(=O)CCCNC(=O)c1ccc(-n2cccc2)cc1. The number of esters is 1. The number of methoxy groups -OCH3 is 1. The Hall–Kier alpha value is -2.56. The first-order chi connectivity index (χ1) is 10.2. The Morgan fingerprint density at radius 2 is 1.81 bits per heavy atom. The van der Waals surface area contributed by atoms with Gasteiger partial charge < -0.3 is 14.6 Å². The van der Waals surface area contributed by atoms with Crippen LogP contribution in [0.3, 0.4) is 0 Å². The number of aromatic nitrogens is 1. The highest BCUT2D eigenvalue weighted by atomic mass is 16.5. The molecule has 2 rings (SSSR count). The zero-order valence-corrected chi connectivity index (χ0v) is 11.9. The molecule has 0 aliphatic heterocycles. The Labute approximate surface area is 123 Å². The van der Waals surface area contributed by atoms with Gasteiger partial charge in [-0.2, -0.15) is 0 Å². The molecule has 2 aromatic rings. The second-order valence-corrected chi connectivity index (χ2v) is 4.57. The summed E-state index contributed by atoms with van der Waals surface area (Å²) in [6, 6.07) is 11.2. The summed E-state index contributed by atoms with van der Waals surface area (Å²) in [4.78, 5) is 22.9. The lowest BCUT2D eigenvalue weighted by molar-refractivity contribution is -0.140. The van der Waals surface area contributed by atoms with Crippen molar-refractivity contribution in [3.05, 3.63) is 54.4 Å². The fourth-order valence-electron chi connectivity index (χ4n) is 1.93. The molecule has 0 saturated carbocycles. The smallest absolute Gasteiger partial charge is 0.305 e. The van der Waals surface area contributed by atoms with Gasteiger partial charge in [0.05, 0.1) is 7.11 Å². The van der Waals surface area contributed by atoms with Gasteiger partial charge in [-0.05, 0) is 42.8 Å². The molecular weight excluding hydrogens is 268 g/mol. The molecular formula is C16H18N2O3.